The SMILES string of the molecule is Cc1cc(C(=O)N[C@@H](C)CN)c2c(C(C)C)noc2n1.Cl. The highest BCUT2D eigenvalue weighted by Gasteiger charge is 2.21. The number of hydrogen-bond acceptors (Lipinski definition) is 5. The Hall–Kier alpha value is -1.66. The van der Waals surface area contributed by atoms with Crippen molar-refractivity contribution in [3.05, 3.63) is 23.0 Å². The van der Waals surface area contributed by atoms with Crippen LogP contribution in [0.1, 0.15) is 48.4 Å². The summed E-state index contributed by atoms with van der Waals surface area (Å²) in [6.07, 6.45) is 0. The van der Waals surface area contributed by atoms with Crippen LogP contribution in [0.4, 0.5) is 0 Å². The third kappa shape index (κ3) is 3.51. The third-order valence-corrected chi connectivity index (χ3v) is 3.12. The molecule has 3 N–H and O–H groups in total. The number of halogens is 1. The summed E-state index contributed by atoms with van der Waals surface area (Å²) in [4.78, 5) is 16.7. The van der Waals surface area contributed by atoms with Crippen LogP contribution in [0.2, 0.25) is 0 Å². The van der Waals surface area contributed by atoms with Gasteiger partial charge in [0.2, 0.25) is 0 Å². The van der Waals surface area contributed by atoms with E-state index in [1.54, 1.807) is 6.07 Å². The molecule has 2 rings (SSSR count). The van der Waals surface area contributed by atoms with Gasteiger partial charge in [-0.05, 0) is 25.8 Å². The summed E-state index contributed by atoms with van der Waals surface area (Å²) in [7, 11) is 0. The molecule has 2 aromatic heterocycles. The van der Waals surface area contributed by atoms with Gasteiger partial charge in [-0.25, -0.2) is 4.98 Å². The zero-order valence-corrected chi connectivity index (χ0v) is 13.5. The molecule has 1 amide bonds. The Kier molecular flexibility index (Phi) is 5.69. The third-order valence-electron chi connectivity index (χ3n) is 3.12. The molecule has 0 saturated heterocycles. The summed E-state index contributed by atoms with van der Waals surface area (Å²) >= 11 is 0. The van der Waals surface area contributed by atoms with Crippen molar-refractivity contribution < 1.29 is 9.32 Å². The molecule has 0 aliphatic rings. The largest absolute Gasteiger partial charge is 0.348 e. The first-order valence-electron chi connectivity index (χ1n) is 6.71. The minimum Gasteiger partial charge on any atom is -0.348 e. The van der Waals surface area contributed by atoms with Gasteiger partial charge in [0.1, 0.15) is 0 Å². The number of carbonyl (C=O) groups is 1. The van der Waals surface area contributed by atoms with Gasteiger partial charge in [0.25, 0.3) is 11.6 Å². The minimum atomic E-state index is -0.177. The lowest BCUT2D eigenvalue weighted by atomic mass is 10.0. The maximum absolute atomic E-state index is 12.4. The van der Waals surface area contributed by atoms with Crippen LogP contribution in [-0.4, -0.2) is 28.6 Å². The van der Waals surface area contributed by atoms with Crippen LogP contribution < -0.4 is 11.1 Å². The highest BCUT2D eigenvalue weighted by Crippen LogP contribution is 2.27. The molecule has 0 unspecified atom stereocenters. The van der Waals surface area contributed by atoms with Gasteiger partial charge in [0.05, 0.1) is 16.6 Å². The summed E-state index contributed by atoms with van der Waals surface area (Å²) < 4.78 is 5.25. The molecule has 0 aliphatic carbocycles. The fraction of sp³-hybridized carbons (Fsp3) is 0.500. The Morgan fingerprint density at radius 2 is 2.10 bits per heavy atom. The van der Waals surface area contributed by atoms with Crippen LogP contribution in [-0.2, 0) is 0 Å². The number of nitrogens with two attached hydrogens (primary N) is 1. The van der Waals surface area contributed by atoms with Crippen molar-refractivity contribution >= 4 is 29.4 Å². The number of rotatable bonds is 4. The predicted octanol–water partition coefficient (Wildman–Crippen LogP) is 2.15. The van der Waals surface area contributed by atoms with Crippen molar-refractivity contribution in [3.63, 3.8) is 0 Å². The van der Waals surface area contributed by atoms with E-state index < -0.39 is 0 Å². The molecule has 116 valence electrons. The molecule has 21 heavy (non-hydrogen) atoms. The molecule has 0 fully saturated rings. The molecule has 6 nitrogen and oxygen atoms in total. The molecular weight excluding hydrogens is 292 g/mol. The molecule has 2 heterocycles. The van der Waals surface area contributed by atoms with E-state index in [1.165, 1.54) is 0 Å². The zero-order chi connectivity index (χ0) is 14.9. The molecule has 2 aromatic rings. The maximum Gasteiger partial charge on any atom is 0.259 e. The van der Waals surface area contributed by atoms with Crippen LogP contribution in [0.15, 0.2) is 10.6 Å². The lowest BCUT2D eigenvalue weighted by molar-refractivity contribution is 0.0942. The van der Waals surface area contributed by atoms with E-state index in [9.17, 15) is 4.79 Å². The molecule has 0 radical (unpaired) electrons. The number of amides is 1. The number of aryl methyl sites for hydroxylation is 1. The monoisotopic (exact) mass is 312 g/mol. The summed E-state index contributed by atoms with van der Waals surface area (Å²) in [5, 5.41) is 7.58. The van der Waals surface area contributed by atoms with E-state index in [4.69, 9.17) is 10.3 Å². The first kappa shape index (κ1) is 17.4. The van der Waals surface area contributed by atoms with E-state index in [1.807, 2.05) is 27.7 Å². The van der Waals surface area contributed by atoms with Gasteiger partial charge >= 0.3 is 0 Å². The van der Waals surface area contributed by atoms with Crippen molar-refractivity contribution in [3.8, 4) is 0 Å². The molecule has 0 saturated carbocycles. The molecule has 1 atom stereocenters. The fourth-order valence-electron chi connectivity index (χ4n) is 2.03. The summed E-state index contributed by atoms with van der Waals surface area (Å²) in [5.41, 5.74) is 7.95. The number of nitrogens with one attached hydrogen (secondary N) is 1. The molecule has 7 heteroatoms. The van der Waals surface area contributed by atoms with Crippen LogP contribution in [0.3, 0.4) is 0 Å². The van der Waals surface area contributed by atoms with Crippen molar-refractivity contribution in [2.24, 2.45) is 5.73 Å². The van der Waals surface area contributed by atoms with E-state index in [2.05, 4.69) is 15.5 Å². The normalized spacial score (nSPS) is 12.3. The van der Waals surface area contributed by atoms with Gasteiger partial charge in [-0.1, -0.05) is 19.0 Å². The van der Waals surface area contributed by atoms with Crippen molar-refractivity contribution in [2.45, 2.75) is 39.7 Å². The quantitative estimate of drug-likeness (QED) is 0.902. The van der Waals surface area contributed by atoms with Crippen molar-refractivity contribution in [1.29, 1.82) is 0 Å². The summed E-state index contributed by atoms with van der Waals surface area (Å²) in [6, 6.07) is 1.66. The van der Waals surface area contributed by atoms with Crippen LogP contribution >= 0.6 is 12.4 Å². The van der Waals surface area contributed by atoms with Crippen LogP contribution in [0, 0.1) is 6.92 Å². The van der Waals surface area contributed by atoms with Gasteiger partial charge in [-0.15, -0.1) is 12.4 Å². The van der Waals surface area contributed by atoms with Crippen LogP contribution in [0.5, 0.6) is 0 Å². The molecule has 0 bridgehead atoms. The van der Waals surface area contributed by atoms with E-state index in [0.29, 0.717) is 23.2 Å². The number of fused-ring (bicyclic) bond motifs is 1. The van der Waals surface area contributed by atoms with Crippen molar-refractivity contribution in [1.82, 2.24) is 15.5 Å². The second-order valence-electron chi connectivity index (χ2n) is 5.32. The Balaban J connectivity index is 0.00000220. The summed E-state index contributed by atoms with van der Waals surface area (Å²) in [5.74, 6) is -0.0252. The smallest absolute Gasteiger partial charge is 0.259 e. The van der Waals surface area contributed by atoms with E-state index in [0.717, 1.165) is 11.4 Å². The Labute approximate surface area is 129 Å². The van der Waals surface area contributed by atoms with Gasteiger partial charge in [0.15, 0.2) is 0 Å². The number of pyridine rings is 1. The highest BCUT2D eigenvalue weighted by molar-refractivity contribution is 6.06. The Bertz CT molecular complexity index is 639. The highest BCUT2D eigenvalue weighted by atomic mass is 35.5. The van der Waals surface area contributed by atoms with Crippen LogP contribution in [0.25, 0.3) is 11.1 Å². The second kappa shape index (κ2) is 6.87. The average molecular weight is 313 g/mol. The molecule has 0 spiro atoms. The standard InChI is InChI=1S/C14H20N4O2.ClH/c1-7(2)12-11-10(13(19)16-9(4)6-15)5-8(3)17-14(11)20-18-12;/h5,7,9H,6,15H2,1-4H3,(H,16,19);1H/t9-;/m0./s1. The zero-order valence-electron chi connectivity index (χ0n) is 12.6. The fourth-order valence-corrected chi connectivity index (χ4v) is 2.03. The lowest BCUT2D eigenvalue weighted by Gasteiger charge is -2.12. The minimum absolute atomic E-state index is 0. The maximum atomic E-state index is 12.4. The molecule has 0 aromatic carbocycles. The second-order valence-corrected chi connectivity index (χ2v) is 5.32. The Morgan fingerprint density at radius 1 is 1.43 bits per heavy atom. The molecule has 0 aliphatic heterocycles. The Morgan fingerprint density at radius 3 is 2.67 bits per heavy atom. The topological polar surface area (TPSA) is 94.0 Å². The first-order chi connectivity index (χ1) is 9.43. The number of hydrogen-bond donors (Lipinski definition) is 2. The molecular formula is C14H21ClN4O2. The van der Waals surface area contributed by atoms with Gasteiger partial charge in [-0.3, -0.25) is 4.79 Å². The summed E-state index contributed by atoms with van der Waals surface area (Å²) in [6.45, 7) is 8.07. The van der Waals surface area contributed by atoms with Gasteiger partial charge in [0, 0.05) is 18.3 Å². The first-order valence-corrected chi connectivity index (χ1v) is 6.71. The lowest BCUT2D eigenvalue weighted by Crippen LogP contribution is -2.38. The van der Waals surface area contributed by atoms with E-state index in [-0.39, 0.29) is 30.3 Å². The number of carbonyl (C=O) groups excluding carboxylic acids is 1. The predicted molar refractivity (Wildman–Crippen MR) is 83.9 cm³/mol. The van der Waals surface area contributed by atoms with Crippen molar-refractivity contribution in [2.75, 3.05) is 6.54 Å². The average Bonchev–Trinajstić information content (AvgIpc) is 2.80. The number of nitrogens with zero attached hydrogens (tertiary/aromatic N) is 2. The van der Waals surface area contributed by atoms with Gasteiger partial charge in [-0.2, -0.15) is 0 Å². The van der Waals surface area contributed by atoms with E-state index >= 15 is 0 Å². The van der Waals surface area contributed by atoms with Gasteiger partial charge < -0.3 is 15.6 Å². The number of aromatic nitrogens is 2.